The smallest absolute Gasteiger partial charge is 0.224 e. The molecule has 0 radical (unpaired) electrons. The van der Waals surface area contributed by atoms with Crippen molar-refractivity contribution in [1.82, 2.24) is 15.1 Å². The van der Waals surface area contributed by atoms with Crippen molar-refractivity contribution in [1.29, 1.82) is 0 Å². The van der Waals surface area contributed by atoms with E-state index in [2.05, 4.69) is 22.5 Å². The van der Waals surface area contributed by atoms with Crippen LogP contribution < -0.4 is 5.32 Å². The Balaban J connectivity index is 1.46. The van der Waals surface area contributed by atoms with Gasteiger partial charge in [0.1, 0.15) is 5.82 Å². The highest BCUT2D eigenvalue weighted by atomic mass is 19.1. The molecular formula is C23H24FN3O. The minimum atomic E-state index is -0.274. The second kappa shape index (κ2) is 7.97. The number of aryl methyl sites for hydroxylation is 1. The number of hydrogen-bond acceptors (Lipinski definition) is 2. The van der Waals surface area contributed by atoms with E-state index >= 15 is 0 Å². The number of nitrogens with zero attached hydrogens (tertiary/aromatic N) is 2. The molecule has 3 aromatic rings. The lowest BCUT2D eigenvalue weighted by Gasteiger charge is -2.24. The SMILES string of the molecule is Cc1cc(F)ccc1CC(=O)NC1CCCc2c1cnn2Cc1ccccc1. The summed E-state index contributed by atoms with van der Waals surface area (Å²) >= 11 is 0. The monoisotopic (exact) mass is 377 g/mol. The van der Waals surface area contributed by atoms with Crippen molar-refractivity contribution in [2.75, 3.05) is 0 Å². The van der Waals surface area contributed by atoms with Crippen LogP contribution in [0.4, 0.5) is 4.39 Å². The number of hydrogen-bond donors (Lipinski definition) is 1. The number of benzene rings is 2. The summed E-state index contributed by atoms with van der Waals surface area (Å²) in [6.07, 6.45) is 5.07. The molecule has 0 spiro atoms. The molecule has 4 nitrogen and oxygen atoms in total. The van der Waals surface area contributed by atoms with E-state index in [1.165, 1.54) is 23.4 Å². The summed E-state index contributed by atoms with van der Waals surface area (Å²) < 4.78 is 15.3. The van der Waals surface area contributed by atoms with Gasteiger partial charge in [-0.05, 0) is 55.0 Å². The third-order valence-electron chi connectivity index (χ3n) is 5.43. The highest BCUT2D eigenvalue weighted by molar-refractivity contribution is 5.79. The Morgan fingerprint density at radius 3 is 2.86 bits per heavy atom. The van der Waals surface area contributed by atoms with Gasteiger partial charge < -0.3 is 5.32 Å². The normalized spacial score (nSPS) is 15.9. The van der Waals surface area contributed by atoms with Crippen LogP contribution in [0.5, 0.6) is 0 Å². The summed E-state index contributed by atoms with van der Waals surface area (Å²) in [5.41, 5.74) is 5.20. The van der Waals surface area contributed by atoms with Crippen molar-refractivity contribution in [3.8, 4) is 0 Å². The van der Waals surface area contributed by atoms with Crippen molar-refractivity contribution in [2.45, 2.75) is 45.2 Å². The van der Waals surface area contributed by atoms with Gasteiger partial charge in [0.05, 0.1) is 25.2 Å². The first-order valence-corrected chi connectivity index (χ1v) is 9.73. The van der Waals surface area contributed by atoms with Gasteiger partial charge >= 0.3 is 0 Å². The minimum Gasteiger partial charge on any atom is -0.349 e. The standard InChI is InChI=1S/C23H24FN3O/c1-16-12-19(24)11-10-18(16)13-23(28)26-21-8-5-9-22-20(21)14-25-27(22)15-17-6-3-2-4-7-17/h2-4,6-7,10-12,14,21H,5,8-9,13,15H2,1H3,(H,26,28). The quantitative estimate of drug-likeness (QED) is 0.727. The summed E-state index contributed by atoms with van der Waals surface area (Å²) in [6, 6.07) is 14.8. The fourth-order valence-corrected chi connectivity index (χ4v) is 3.94. The Morgan fingerprint density at radius 1 is 1.25 bits per heavy atom. The Labute approximate surface area is 164 Å². The lowest BCUT2D eigenvalue weighted by Crippen LogP contribution is -2.32. The van der Waals surface area contributed by atoms with Gasteiger partial charge in [-0.2, -0.15) is 5.10 Å². The predicted molar refractivity (Wildman–Crippen MR) is 106 cm³/mol. The average Bonchev–Trinajstić information content (AvgIpc) is 3.09. The van der Waals surface area contributed by atoms with Crippen LogP contribution in [-0.4, -0.2) is 15.7 Å². The van der Waals surface area contributed by atoms with Gasteiger partial charge in [0.15, 0.2) is 0 Å². The molecule has 1 N–H and O–H groups in total. The van der Waals surface area contributed by atoms with Crippen LogP contribution in [0.3, 0.4) is 0 Å². The Morgan fingerprint density at radius 2 is 2.07 bits per heavy atom. The van der Waals surface area contributed by atoms with Gasteiger partial charge in [0.2, 0.25) is 5.91 Å². The number of aromatic nitrogens is 2. The zero-order chi connectivity index (χ0) is 19.5. The molecule has 0 saturated carbocycles. The summed E-state index contributed by atoms with van der Waals surface area (Å²) in [6.45, 7) is 2.57. The van der Waals surface area contributed by atoms with Crippen LogP contribution in [0, 0.1) is 12.7 Å². The molecule has 1 heterocycles. The van der Waals surface area contributed by atoms with E-state index in [4.69, 9.17) is 0 Å². The fraction of sp³-hybridized carbons (Fsp3) is 0.304. The molecular weight excluding hydrogens is 353 g/mol. The topological polar surface area (TPSA) is 46.9 Å². The molecule has 1 aliphatic carbocycles. The molecule has 0 saturated heterocycles. The van der Waals surface area contributed by atoms with Crippen molar-refractivity contribution in [3.05, 3.63) is 88.5 Å². The maximum atomic E-state index is 13.3. The summed E-state index contributed by atoms with van der Waals surface area (Å²) in [4.78, 5) is 12.6. The molecule has 4 rings (SSSR count). The van der Waals surface area contributed by atoms with Gasteiger partial charge in [-0.3, -0.25) is 9.48 Å². The first-order valence-electron chi connectivity index (χ1n) is 9.73. The van der Waals surface area contributed by atoms with Crippen LogP contribution in [0.1, 0.15) is 46.8 Å². The Hall–Kier alpha value is -2.95. The lowest BCUT2D eigenvalue weighted by atomic mass is 9.92. The number of rotatable bonds is 5. The van der Waals surface area contributed by atoms with Crippen LogP contribution >= 0.6 is 0 Å². The second-order valence-corrected chi connectivity index (χ2v) is 7.45. The molecule has 0 bridgehead atoms. The van der Waals surface area contributed by atoms with E-state index < -0.39 is 0 Å². The Kier molecular flexibility index (Phi) is 5.24. The van der Waals surface area contributed by atoms with Crippen molar-refractivity contribution in [3.63, 3.8) is 0 Å². The fourth-order valence-electron chi connectivity index (χ4n) is 3.94. The lowest BCUT2D eigenvalue weighted by molar-refractivity contribution is -0.121. The van der Waals surface area contributed by atoms with Crippen LogP contribution in [-0.2, 0) is 24.2 Å². The zero-order valence-corrected chi connectivity index (χ0v) is 16.0. The molecule has 1 unspecified atom stereocenters. The van der Waals surface area contributed by atoms with Crippen molar-refractivity contribution in [2.24, 2.45) is 0 Å². The highest BCUT2D eigenvalue weighted by Crippen LogP contribution is 2.30. The van der Waals surface area contributed by atoms with Gasteiger partial charge in [0.25, 0.3) is 0 Å². The maximum Gasteiger partial charge on any atom is 0.224 e. The van der Waals surface area contributed by atoms with E-state index in [1.54, 1.807) is 6.07 Å². The van der Waals surface area contributed by atoms with Gasteiger partial charge in [-0.1, -0.05) is 36.4 Å². The third kappa shape index (κ3) is 3.98. The minimum absolute atomic E-state index is 0.0125. The number of carbonyl (C=O) groups excluding carboxylic acids is 1. The number of halogens is 1. The molecule has 1 atom stereocenters. The molecule has 1 amide bonds. The first kappa shape index (κ1) is 18.4. The predicted octanol–water partition coefficient (Wildman–Crippen LogP) is 4.12. The van der Waals surface area contributed by atoms with E-state index in [1.807, 2.05) is 36.0 Å². The number of carbonyl (C=O) groups is 1. The maximum absolute atomic E-state index is 13.3. The molecule has 144 valence electrons. The van der Waals surface area contributed by atoms with Crippen LogP contribution in [0.2, 0.25) is 0 Å². The number of amides is 1. The molecule has 1 aliphatic rings. The van der Waals surface area contributed by atoms with Crippen molar-refractivity contribution < 1.29 is 9.18 Å². The summed E-state index contributed by atoms with van der Waals surface area (Å²) in [7, 11) is 0. The van der Waals surface area contributed by atoms with E-state index in [9.17, 15) is 9.18 Å². The van der Waals surface area contributed by atoms with Crippen molar-refractivity contribution >= 4 is 5.91 Å². The third-order valence-corrected chi connectivity index (χ3v) is 5.43. The summed E-state index contributed by atoms with van der Waals surface area (Å²) in [5, 5.41) is 7.74. The van der Waals surface area contributed by atoms with Crippen LogP contribution in [0.15, 0.2) is 54.7 Å². The number of fused-ring (bicyclic) bond motifs is 1. The van der Waals surface area contributed by atoms with E-state index in [0.717, 1.165) is 42.5 Å². The first-order chi connectivity index (χ1) is 13.6. The molecule has 2 aromatic carbocycles. The molecule has 28 heavy (non-hydrogen) atoms. The second-order valence-electron chi connectivity index (χ2n) is 7.45. The largest absolute Gasteiger partial charge is 0.349 e. The van der Waals surface area contributed by atoms with Gasteiger partial charge in [-0.15, -0.1) is 0 Å². The zero-order valence-electron chi connectivity index (χ0n) is 16.0. The summed E-state index contributed by atoms with van der Waals surface area (Å²) in [5.74, 6) is -0.312. The van der Waals surface area contributed by atoms with Gasteiger partial charge in [-0.25, -0.2) is 4.39 Å². The Bertz CT molecular complexity index is 981. The van der Waals surface area contributed by atoms with Crippen LogP contribution in [0.25, 0.3) is 0 Å². The highest BCUT2D eigenvalue weighted by Gasteiger charge is 2.25. The molecule has 5 heteroatoms. The van der Waals surface area contributed by atoms with Gasteiger partial charge in [0, 0.05) is 11.3 Å². The molecule has 0 aliphatic heterocycles. The average molecular weight is 377 g/mol. The van der Waals surface area contributed by atoms with E-state index in [0.29, 0.717) is 0 Å². The number of nitrogens with one attached hydrogen (secondary N) is 1. The molecule has 0 fully saturated rings. The van der Waals surface area contributed by atoms with E-state index in [-0.39, 0.29) is 24.2 Å². The molecule has 1 aromatic heterocycles.